The predicted octanol–water partition coefficient (Wildman–Crippen LogP) is 7.85. The van der Waals surface area contributed by atoms with Crippen molar-refractivity contribution in [2.45, 2.75) is 13.8 Å². The smallest absolute Gasteiger partial charge is 0.0352 e. The Morgan fingerprint density at radius 1 is 0.500 bits per heavy atom. The van der Waals surface area contributed by atoms with Gasteiger partial charge in [-0.05, 0) is 47.1 Å². The molecule has 0 saturated carbocycles. The average Bonchev–Trinajstić information content (AvgIpc) is 2.78. The minimum Gasteiger partial charge on any atom is -0.263 e. The Labute approximate surface area is 177 Å². The van der Waals surface area contributed by atoms with Crippen LogP contribution in [0.5, 0.6) is 0 Å². The maximum Gasteiger partial charge on any atom is 0.0352 e. The van der Waals surface area contributed by atoms with E-state index in [0.29, 0.717) is 0 Å². The SMILES string of the molecule is Cc1cc(C)cc(-c2ccc(-c3ccc(-c4cncc5ccccc45)cc3)cc2)c1. The van der Waals surface area contributed by atoms with E-state index in [0.717, 1.165) is 0 Å². The molecule has 0 aliphatic rings. The van der Waals surface area contributed by atoms with Crippen molar-refractivity contribution in [1.29, 1.82) is 0 Å². The van der Waals surface area contributed by atoms with E-state index in [1.165, 1.54) is 55.3 Å². The van der Waals surface area contributed by atoms with Crippen molar-refractivity contribution in [3.05, 3.63) is 115 Å². The lowest BCUT2D eigenvalue weighted by atomic mass is 9.96. The molecule has 0 atom stereocenters. The molecule has 1 nitrogen and oxygen atoms in total. The monoisotopic (exact) mass is 385 g/mol. The molecule has 0 fully saturated rings. The lowest BCUT2D eigenvalue weighted by Gasteiger charge is -2.09. The van der Waals surface area contributed by atoms with E-state index in [2.05, 4.69) is 110 Å². The Morgan fingerprint density at radius 2 is 1.03 bits per heavy atom. The first-order chi connectivity index (χ1) is 14.7. The summed E-state index contributed by atoms with van der Waals surface area (Å²) >= 11 is 0. The van der Waals surface area contributed by atoms with Gasteiger partial charge in [-0.1, -0.05) is 102 Å². The molecule has 0 radical (unpaired) electrons. The number of pyridine rings is 1. The van der Waals surface area contributed by atoms with Crippen LogP contribution in [0, 0.1) is 13.8 Å². The number of hydrogen-bond acceptors (Lipinski definition) is 1. The van der Waals surface area contributed by atoms with Gasteiger partial charge in [0.15, 0.2) is 0 Å². The van der Waals surface area contributed by atoms with Crippen molar-refractivity contribution in [1.82, 2.24) is 4.98 Å². The molecular weight excluding hydrogens is 362 g/mol. The average molecular weight is 386 g/mol. The zero-order valence-electron chi connectivity index (χ0n) is 17.3. The van der Waals surface area contributed by atoms with E-state index in [-0.39, 0.29) is 0 Å². The molecule has 1 heterocycles. The first kappa shape index (κ1) is 18.3. The van der Waals surface area contributed by atoms with Gasteiger partial charge in [0.1, 0.15) is 0 Å². The molecule has 0 saturated heterocycles. The molecule has 5 aromatic rings. The van der Waals surface area contributed by atoms with Crippen LogP contribution in [0.25, 0.3) is 44.2 Å². The van der Waals surface area contributed by atoms with Crippen LogP contribution >= 0.6 is 0 Å². The molecule has 1 aromatic heterocycles. The molecule has 0 amide bonds. The van der Waals surface area contributed by atoms with Gasteiger partial charge in [0.2, 0.25) is 0 Å². The maximum absolute atomic E-state index is 4.42. The first-order valence-electron chi connectivity index (χ1n) is 10.3. The quantitative estimate of drug-likeness (QED) is 0.308. The Morgan fingerprint density at radius 3 is 1.67 bits per heavy atom. The highest BCUT2D eigenvalue weighted by Gasteiger charge is 2.06. The lowest BCUT2D eigenvalue weighted by molar-refractivity contribution is 1.36. The molecule has 4 aromatic carbocycles. The maximum atomic E-state index is 4.42. The number of aryl methyl sites for hydroxylation is 2. The summed E-state index contributed by atoms with van der Waals surface area (Å²) in [5.74, 6) is 0. The van der Waals surface area contributed by atoms with Gasteiger partial charge in [0.25, 0.3) is 0 Å². The van der Waals surface area contributed by atoms with Gasteiger partial charge in [-0.25, -0.2) is 0 Å². The van der Waals surface area contributed by atoms with Gasteiger partial charge in [-0.15, -0.1) is 0 Å². The second-order valence-corrected chi connectivity index (χ2v) is 7.94. The van der Waals surface area contributed by atoms with Crippen LogP contribution in [-0.2, 0) is 0 Å². The molecule has 1 heteroatoms. The van der Waals surface area contributed by atoms with Gasteiger partial charge in [-0.2, -0.15) is 0 Å². The summed E-state index contributed by atoms with van der Waals surface area (Å²) in [7, 11) is 0. The van der Waals surface area contributed by atoms with Crippen molar-refractivity contribution in [3.63, 3.8) is 0 Å². The minimum atomic E-state index is 1.17. The van der Waals surface area contributed by atoms with Crippen molar-refractivity contribution in [2.75, 3.05) is 0 Å². The van der Waals surface area contributed by atoms with Gasteiger partial charge in [0.05, 0.1) is 0 Å². The molecule has 30 heavy (non-hydrogen) atoms. The number of fused-ring (bicyclic) bond motifs is 1. The molecule has 0 spiro atoms. The Bertz CT molecular complexity index is 1300. The third-order valence-corrected chi connectivity index (χ3v) is 5.64. The highest BCUT2D eigenvalue weighted by molar-refractivity contribution is 5.95. The van der Waals surface area contributed by atoms with Crippen LogP contribution in [-0.4, -0.2) is 4.98 Å². The molecule has 0 unspecified atom stereocenters. The summed E-state index contributed by atoms with van der Waals surface area (Å²) in [5, 5.41) is 2.40. The predicted molar refractivity (Wildman–Crippen MR) is 128 cm³/mol. The van der Waals surface area contributed by atoms with E-state index in [9.17, 15) is 0 Å². The summed E-state index contributed by atoms with van der Waals surface area (Å²) in [6, 6.07) is 32.7. The van der Waals surface area contributed by atoms with Crippen molar-refractivity contribution >= 4 is 10.8 Å². The zero-order chi connectivity index (χ0) is 20.5. The van der Waals surface area contributed by atoms with Crippen molar-refractivity contribution < 1.29 is 0 Å². The molecule has 0 aliphatic carbocycles. The van der Waals surface area contributed by atoms with Gasteiger partial charge in [-0.3, -0.25) is 4.98 Å². The second-order valence-electron chi connectivity index (χ2n) is 7.94. The van der Waals surface area contributed by atoms with Gasteiger partial charge >= 0.3 is 0 Å². The summed E-state index contributed by atoms with van der Waals surface area (Å²) in [5.41, 5.74) is 9.94. The standard InChI is InChI=1S/C29H23N/c1-20-15-21(2)17-27(16-20)24-9-7-22(8-10-24)23-11-13-25(14-12-23)29-19-30-18-26-5-3-4-6-28(26)29/h3-19H,1-2H3. The normalized spacial score (nSPS) is 11.0. The molecule has 5 rings (SSSR count). The van der Waals surface area contributed by atoms with E-state index >= 15 is 0 Å². The lowest BCUT2D eigenvalue weighted by Crippen LogP contribution is -1.85. The number of nitrogens with zero attached hydrogens (tertiary/aromatic N) is 1. The van der Waals surface area contributed by atoms with E-state index in [4.69, 9.17) is 0 Å². The molecule has 0 N–H and O–H groups in total. The van der Waals surface area contributed by atoms with Crippen LogP contribution in [0.15, 0.2) is 103 Å². The van der Waals surface area contributed by atoms with Gasteiger partial charge < -0.3 is 0 Å². The topological polar surface area (TPSA) is 12.9 Å². The van der Waals surface area contributed by atoms with Crippen LogP contribution < -0.4 is 0 Å². The van der Waals surface area contributed by atoms with E-state index in [1.54, 1.807) is 0 Å². The summed E-state index contributed by atoms with van der Waals surface area (Å²) in [4.78, 5) is 4.42. The van der Waals surface area contributed by atoms with Crippen LogP contribution in [0.3, 0.4) is 0 Å². The van der Waals surface area contributed by atoms with E-state index < -0.39 is 0 Å². The minimum absolute atomic E-state index is 1.17. The summed E-state index contributed by atoms with van der Waals surface area (Å²) in [6.45, 7) is 4.30. The van der Waals surface area contributed by atoms with Crippen LogP contribution in [0.1, 0.15) is 11.1 Å². The van der Waals surface area contributed by atoms with Gasteiger partial charge in [0, 0.05) is 23.3 Å². The Kier molecular flexibility index (Phi) is 4.65. The fraction of sp³-hybridized carbons (Fsp3) is 0.0690. The molecule has 0 bridgehead atoms. The zero-order valence-corrected chi connectivity index (χ0v) is 17.3. The molecule has 0 aliphatic heterocycles. The number of hydrogen-bond donors (Lipinski definition) is 0. The first-order valence-corrected chi connectivity index (χ1v) is 10.3. The Hall–Kier alpha value is -3.71. The van der Waals surface area contributed by atoms with Crippen molar-refractivity contribution in [3.8, 4) is 33.4 Å². The van der Waals surface area contributed by atoms with Crippen LogP contribution in [0.4, 0.5) is 0 Å². The third kappa shape index (κ3) is 3.51. The van der Waals surface area contributed by atoms with Crippen LogP contribution in [0.2, 0.25) is 0 Å². The largest absolute Gasteiger partial charge is 0.263 e. The summed E-state index contributed by atoms with van der Waals surface area (Å²) in [6.07, 6.45) is 3.88. The van der Waals surface area contributed by atoms with E-state index in [1.807, 2.05) is 12.4 Å². The fourth-order valence-corrected chi connectivity index (χ4v) is 4.19. The van der Waals surface area contributed by atoms with Crippen molar-refractivity contribution in [2.24, 2.45) is 0 Å². The number of rotatable bonds is 3. The highest BCUT2D eigenvalue weighted by Crippen LogP contribution is 2.31. The number of aromatic nitrogens is 1. The second kappa shape index (κ2) is 7.61. The fourth-order valence-electron chi connectivity index (χ4n) is 4.19. The highest BCUT2D eigenvalue weighted by atomic mass is 14.6. The molecular formula is C29H23N. The molecule has 144 valence electrons. The number of benzene rings is 4. The third-order valence-electron chi connectivity index (χ3n) is 5.64. The summed E-state index contributed by atoms with van der Waals surface area (Å²) < 4.78 is 0. The Balaban J connectivity index is 1.45.